The molecule has 4 nitrogen and oxygen atoms in total. The second-order valence-electron chi connectivity index (χ2n) is 4.75. The number of amides is 1. The summed E-state index contributed by atoms with van der Waals surface area (Å²) >= 11 is 1.62. The lowest BCUT2D eigenvalue weighted by Gasteiger charge is -2.31. The van der Waals surface area contributed by atoms with E-state index in [1.54, 1.807) is 18.0 Å². The predicted octanol–water partition coefficient (Wildman–Crippen LogP) is 3.25. The van der Waals surface area contributed by atoms with Crippen LogP contribution in [0.4, 0.5) is 5.82 Å². The largest absolute Gasteiger partial charge is 0.317 e. The zero-order valence-corrected chi connectivity index (χ0v) is 13.9. The van der Waals surface area contributed by atoms with Gasteiger partial charge in [0.25, 0.3) is 0 Å². The van der Waals surface area contributed by atoms with Gasteiger partial charge in [-0.3, -0.25) is 4.79 Å². The number of anilines is 1. The van der Waals surface area contributed by atoms with Crippen LogP contribution in [-0.2, 0) is 4.79 Å². The van der Waals surface area contributed by atoms with Gasteiger partial charge in [0.15, 0.2) is 0 Å². The van der Waals surface area contributed by atoms with Gasteiger partial charge in [-0.2, -0.15) is 0 Å². The minimum Gasteiger partial charge on any atom is -0.317 e. The Balaban J connectivity index is 0.00000180. The molecule has 1 aromatic rings. The Morgan fingerprint density at radius 2 is 1.95 bits per heavy atom. The lowest BCUT2D eigenvalue weighted by atomic mass is 9.82. The summed E-state index contributed by atoms with van der Waals surface area (Å²) in [5, 5.41) is 2.82. The first-order valence-corrected chi connectivity index (χ1v) is 7.47. The molecule has 0 unspecified atom stereocenters. The van der Waals surface area contributed by atoms with Gasteiger partial charge in [-0.25, -0.2) is 4.98 Å². The molecule has 1 saturated carbocycles. The third-order valence-corrected chi connectivity index (χ3v) is 4.12. The van der Waals surface area contributed by atoms with Crippen LogP contribution < -0.4 is 11.1 Å². The van der Waals surface area contributed by atoms with E-state index in [0.717, 1.165) is 30.6 Å². The van der Waals surface area contributed by atoms with E-state index >= 15 is 0 Å². The minimum absolute atomic E-state index is 0. The number of carbonyl (C=O) groups excluding carboxylic acids is 1. The molecule has 7 heteroatoms. The van der Waals surface area contributed by atoms with Crippen molar-refractivity contribution in [3.8, 4) is 0 Å². The number of nitrogens with two attached hydrogens (primary N) is 1. The number of carbonyl (C=O) groups is 1. The van der Waals surface area contributed by atoms with Crippen LogP contribution in [-0.4, -0.2) is 22.7 Å². The lowest BCUT2D eigenvalue weighted by Crippen LogP contribution is -2.52. The van der Waals surface area contributed by atoms with Crippen molar-refractivity contribution in [3.63, 3.8) is 0 Å². The molecule has 0 atom stereocenters. The number of nitrogens with one attached hydrogen (secondary N) is 1. The van der Waals surface area contributed by atoms with Gasteiger partial charge in [0.2, 0.25) is 5.91 Å². The molecule has 1 fully saturated rings. The van der Waals surface area contributed by atoms with Gasteiger partial charge in [0.1, 0.15) is 5.82 Å². The molecule has 0 aliphatic heterocycles. The minimum atomic E-state index is -0.710. The van der Waals surface area contributed by atoms with E-state index < -0.39 is 5.54 Å². The number of hydrogen-bond acceptors (Lipinski definition) is 4. The van der Waals surface area contributed by atoms with Crippen molar-refractivity contribution in [3.05, 3.63) is 18.3 Å². The highest BCUT2D eigenvalue weighted by Gasteiger charge is 2.35. The molecular weight excluding hydrogens is 317 g/mol. The monoisotopic (exact) mass is 337 g/mol. The molecule has 1 amide bonds. The summed E-state index contributed by atoms with van der Waals surface area (Å²) in [4.78, 5) is 17.4. The van der Waals surface area contributed by atoms with Crippen LogP contribution in [0.5, 0.6) is 0 Å². The van der Waals surface area contributed by atoms with Gasteiger partial charge in [-0.05, 0) is 31.2 Å². The average molecular weight is 338 g/mol. The van der Waals surface area contributed by atoms with Crippen LogP contribution in [0.25, 0.3) is 0 Å². The Morgan fingerprint density at radius 1 is 1.30 bits per heavy atom. The van der Waals surface area contributed by atoms with Gasteiger partial charge >= 0.3 is 0 Å². The van der Waals surface area contributed by atoms with Crippen molar-refractivity contribution in [2.24, 2.45) is 5.73 Å². The van der Waals surface area contributed by atoms with Gasteiger partial charge < -0.3 is 11.1 Å². The first-order chi connectivity index (χ1) is 8.64. The van der Waals surface area contributed by atoms with E-state index in [0.29, 0.717) is 5.82 Å². The van der Waals surface area contributed by atoms with Crippen LogP contribution in [0.2, 0.25) is 0 Å². The molecule has 2 rings (SSSR count). The number of rotatable bonds is 3. The third kappa shape index (κ3) is 4.81. The number of hydrogen-bond donors (Lipinski definition) is 2. The van der Waals surface area contributed by atoms with E-state index in [1.807, 2.05) is 18.4 Å². The smallest absolute Gasteiger partial charge is 0.245 e. The van der Waals surface area contributed by atoms with E-state index in [1.165, 1.54) is 6.42 Å². The van der Waals surface area contributed by atoms with Gasteiger partial charge in [-0.1, -0.05) is 19.3 Å². The zero-order valence-electron chi connectivity index (χ0n) is 11.4. The van der Waals surface area contributed by atoms with Gasteiger partial charge in [0.05, 0.1) is 5.54 Å². The standard InChI is InChI=1S/C13H19N3OS.2ClH/c1-18-10-5-6-11(15-9-10)16-12(17)13(14)7-3-2-4-8-13;;/h5-6,9H,2-4,7-8,14H2,1H3,(H,15,16,17);2*1H. The predicted molar refractivity (Wildman–Crippen MR) is 89.1 cm³/mol. The van der Waals surface area contributed by atoms with E-state index in [-0.39, 0.29) is 30.7 Å². The summed E-state index contributed by atoms with van der Waals surface area (Å²) in [6, 6.07) is 3.76. The maximum Gasteiger partial charge on any atom is 0.245 e. The highest BCUT2D eigenvalue weighted by atomic mass is 35.5. The van der Waals surface area contributed by atoms with Crippen LogP contribution in [0, 0.1) is 0 Å². The summed E-state index contributed by atoms with van der Waals surface area (Å²) in [6.45, 7) is 0. The number of halogens is 2. The van der Waals surface area contributed by atoms with E-state index in [9.17, 15) is 4.79 Å². The molecule has 1 aliphatic rings. The summed E-state index contributed by atoms with van der Waals surface area (Å²) in [5.41, 5.74) is 5.45. The molecule has 0 saturated heterocycles. The Kier molecular flexibility index (Phi) is 8.51. The molecular formula is C13H21Cl2N3OS. The fourth-order valence-corrected chi connectivity index (χ4v) is 2.59. The number of aromatic nitrogens is 1. The van der Waals surface area contributed by atoms with Crippen molar-refractivity contribution in [1.29, 1.82) is 0 Å². The van der Waals surface area contributed by atoms with Crippen LogP contribution in [0.1, 0.15) is 32.1 Å². The molecule has 0 bridgehead atoms. The molecule has 3 N–H and O–H groups in total. The van der Waals surface area contributed by atoms with Crippen molar-refractivity contribution in [2.45, 2.75) is 42.5 Å². The molecule has 0 spiro atoms. The highest BCUT2D eigenvalue weighted by molar-refractivity contribution is 7.98. The van der Waals surface area contributed by atoms with Crippen LogP contribution in [0.3, 0.4) is 0 Å². The second-order valence-corrected chi connectivity index (χ2v) is 5.63. The number of thioether (sulfide) groups is 1. The Labute approximate surface area is 136 Å². The molecule has 0 radical (unpaired) electrons. The summed E-state index contributed by atoms with van der Waals surface area (Å²) in [5.74, 6) is 0.472. The van der Waals surface area contributed by atoms with Gasteiger partial charge in [-0.15, -0.1) is 36.6 Å². The lowest BCUT2D eigenvalue weighted by molar-refractivity contribution is -0.122. The first kappa shape index (κ1) is 19.5. The maximum absolute atomic E-state index is 12.2. The molecule has 1 aliphatic carbocycles. The Morgan fingerprint density at radius 3 is 2.45 bits per heavy atom. The summed E-state index contributed by atoms with van der Waals surface area (Å²) in [6.07, 6.45) is 8.51. The molecule has 0 aromatic carbocycles. The summed E-state index contributed by atoms with van der Waals surface area (Å²) < 4.78 is 0. The SMILES string of the molecule is CSc1ccc(NC(=O)C2(N)CCCCC2)nc1.Cl.Cl. The quantitative estimate of drug-likeness (QED) is 0.830. The number of nitrogens with zero attached hydrogens (tertiary/aromatic N) is 1. The fourth-order valence-electron chi connectivity index (χ4n) is 2.23. The first-order valence-electron chi connectivity index (χ1n) is 6.24. The third-order valence-electron chi connectivity index (χ3n) is 3.41. The van der Waals surface area contributed by atoms with Crippen LogP contribution >= 0.6 is 36.6 Å². The Bertz CT molecular complexity index is 422. The van der Waals surface area contributed by atoms with E-state index in [4.69, 9.17) is 5.73 Å². The number of pyridine rings is 1. The van der Waals surface area contributed by atoms with Crippen molar-refractivity contribution in [2.75, 3.05) is 11.6 Å². The summed E-state index contributed by atoms with van der Waals surface area (Å²) in [7, 11) is 0. The van der Waals surface area contributed by atoms with E-state index in [2.05, 4.69) is 10.3 Å². The molecule has 1 aromatic heterocycles. The maximum atomic E-state index is 12.2. The molecule has 20 heavy (non-hydrogen) atoms. The van der Waals surface area contributed by atoms with Crippen molar-refractivity contribution >= 4 is 48.3 Å². The average Bonchev–Trinajstić information content (AvgIpc) is 2.40. The normalized spacial score (nSPS) is 16.5. The Hall–Kier alpha value is -0.490. The van der Waals surface area contributed by atoms with Crippen LogP contribution in [0.15, 0.2) is 23.2 Å². The van der Waals surface area contributed by atoms with Crippen molar-refractivity contribution in [1.82, 2.24) is 4.98 Å². The zero-order chi connectivity index (χ0) is 13.0. The van der Waals surface area contributed by atoms with Gasteiger partial charge in [0, 0.05) is 11.1 Å². The van der Waals surface area contributed by atoms with Crippen molar-refractivity contribution < 1.29 is 4.79 Å². The molecule has 114 valence electrons. The highest BCUT2D eigenvalue weighted by Crippen LogP contribution is 2.27. The topological polar surface area (TPSA) is 68.0 Å². The molecule has 1 heterocycles. The second kappa shape index (κ2) is 8.72. The fraction of sp³-hybridized carbons (Fsp3) is 0.538.